The molecule has 0 spiro atoms. The lowest BCUT2D eigenvalue weighted by molar-refractivity contribution is -0.121. The van der Waals surface area contributed by atoms with E-state index < -0.39 is 5.60 Å². The molecular formula is C16H20FNO2. The second-order valence-corrected chi connectivity index (χ2v) is 5.37. The van der Waals surface area contributed by atoms with Crippen LogP contribution in [0.4, 0.5) is 4.39 Å². The van der Waals surface area contributed by atoms with E-state index in [1.165, 1.54) is 12.1 Å². The van der Waals surface area contributed by atoms with Crippen LogP contribution in [0.5, 0.6) is 0 Å². The standard InChI is InChI=1S/C16H20FNO2/c17-14-8-6-13(7-9-14)4-3-5-15(19)18-12-16(20)10-1-2-11-16/h3-4,6-9,20H,1-2,5,10-12H2,(H,18,19)/b4-3+. The van der Waals surface area contributed by atoms with Crippen LogP contribution in [0.1, 0.15) is 37.7 Å². The van der Waals surface area contributed by atoms with E-state index in [4.69, 9.17) is 0 Å². The van der Waals surface area contributed by atoms with Crippen LogP contribution in [-0.4, -0.2) is 23.2 Å². The molecule has 2 rings (SSSR count). The number of carbonyl (C=O) groups excluding carboxylic acids is 1. The van der Waals surface area contributed by atoms with E-state index in [-0.39, 0.29) is 18.1 Å². The van der Waals surface area contributed by atoms with Gasteiger partial charge in [-0.15, -0.1) is 0 Å². The molecule has 0 unspecified atom stereocenters. The van der Waals surface area contributed by atoms with E-state index in [1.807, 2.05) is 0 Å². The summed E-state index contributed by atoms with van der Waals surface area (Å²) in [6, 6.07) is 6.08. The van der Waals surface area contributed by atoms with Crippen molar-refractivity contribution in [2.45, 2.75) is 37.7 Å². The summed E-state index contributed by atoms with van der Waals surface area (Å²) in [6.45, 7) is 0.330. The van der Waals surface area contributed by atoms with Crippen molar-refractivity contribution in [3.63, 3.8) is 0 Å². The molecule has 1 aliphatic carbocycles. The third-order valence-electron chi connectivity index (χ3n) is 3.63. The van der Waals surface area contributed by atoms with Gasteiger partial charge in [0.2, 0.25) is 5.91 Å². The number of carbonyl (C=O) groups is 1. The molecule has 1 amide bonds. The van der Waals surface area contributed by atoms with Gasteiger partial charge in [0.05, 0.1) is 5.60 Å². The first-order valence-electron chi connectivity index (χ1n) is 6.99. The minimum absolute atomic E-state index is 0.108. The smallest absolute Gasteiger partial charge is 0.223 e. The molecule has 1 aromatic rings. The molecule has 4 heteroatoms. The largest absolute Gasteiger partial charge is 0.388 e. The molecule has 0 saturated heterocycles. The fraction of sp³-hybridized carbons (Fsp3) is 0.438. The monoisotopic (exact) mass is 277 g/mol. The molecule has 2 N–H and O–H groups in total. The fourth-order valence-electron chi connectivity index (χ4n) is 2.42. The van der Waals surface area contributed by atoms with Gasteiger partial charge in [-0.2, -0.15) is 0 Å². The first-order valence-corrected chi connectivity index (χ1v) is 6.99. The van der Waals surface area contributed by atoms with E-state index in [0.717, 1.165) is 31.2 Å². The Hall–Kier alpha value is -1.68. The molecule has 1 saturated carbocycles. The summed E-state index contributed by atoms with van der Waals surface area (Å²) in [5, 5.41) is 12.9. The highest BCUT2D eigenvalue weighted by Crippen LogP contribution is 2.28. The Bertz CT molecular complexity index is 476. The number of nitrogens with one attached hydrogen (secondary N) is 1. The molecule has 1 fully saturated rings. The lowest BCUT2D eigenvalue weighted by Crippen LogP contribution is -2.40. The van der Waals surface area contributed by atoms with Gasteiger partial charge in [0.1, 0.15) is 5.82 Å². The van der Waals surface area contributed by atoms with Gasteiger partial charge in [0.25, 0.3) is 0 Å². The molecule has 0 bridgehead atoms. The molecule has 20 heavy (non-hydrogen) atoms. The van der Waals surface area contributed by atoms with Crippen LogP contribution in [-0.2, 0) is 4.79 Å². The van der Waals surface area contributed by atoms with Crippen LogP contribution >= 0.6 is 0 Å². The lowest BCUT2D eigenvalue weighted by atomic mass is 10.0. The Labute approximate surface area is 118 Å². The SMILES string of the molecule is O=C(C/C=C/c1ccc(F)cc1)NCC1(O)CCCC1. The number of hydrogen-bond acceptors (Lipinski definition) is 2. The molecule has 0 atom stereocenters. The summed E-state index contributed by atoms with van der Waals surface area (Å²) in [7, 11) is 0. The van der Waals surface area contributed by atoms with Crippen molar-refractivity contribution in [3.05, 3.63) is 41.7 Å². The zero-order valence-electron chi connectivity index (χ0n) is 11.4. The first kappa shape index (κ1) is 14.7. The third kappa shape index (κ3) is 4.46. The number of halogens is 1. The summed E-state index contributed by atoms with van der Waals surface area (Å²) in [5.74, 6) is -0.381. The molecule has 0 radical (unpaired) electrons. The molecular weight excluding hydrogens is 257 g/mol. The zero-order valence-corrected chi connectivity index (χ0v) is 11.4. The maximum Gasteiger partial charge on any atom is 0.223 e. The molecule has 0 aromatic heterocycles. The zero-order chi connectivity index (χ0) is 14.4. The number of benzene rings is 1. The third-order valence-corrected chi connectivity index (χ3v) is 3.63. The molecule has 1 aromatic carbocycles. The topological polar surface area (TPSA) is 49.3 Å². The summed E-state index contributed by atoms with van der Waals surface area (Å²) >= 11 is 0. The summed E-state index contributed by atoms with van der Waals surface area (Å²) in [5.41, 5.74) is 0.143. The maximum atomic E-state index is 12.7. The van der Waals surface area contributed by atoms with Crippen LogP contribution in [0, 0.1) is 5.82 Å². The molecule has 0 aliphatic heterocycles. The van der Waals surface area contributed by atoms with Crippen LogP contribution in [0.15, 0.2) is 30.3 Å². The summed E-state index contributed by atoms with van der Waals surface area (Å²) < 4.78 is 12.7. The Kier molecular flexibility index (Phi) is 4.90. The lowest BCUT2D eigenvalue weighted by Gasteiger charge is -2.22. The number of amides is 1. The second-order valence-electron chi connectivity index (χ2n) is 5.37. The van der Waals surface area contributed by atoms with Crippen LogP contribution in [0.3, 0.4) is 0 Å². The average molecular weight is 277 g/mol. The normalized spacial score (nSPS) is 17.5. The van der Waals surface area contributed by atoms with Crippen molar-refractivity contribution < 1.29 is 14.3 Å². The van der Waals surface area contributed by atoms with Gasteiger partial charge >= 0.3 is 0 Å². The van der Waals surface area contributed by atoms with Crippen molar-refractivity contribution in [2.24, 2.45) is 0 Å². The fourth-order valence-corrected chi connectivity index (χ4v) is 2.42. The highest BCUT2D eigenvalue weighted by molar-refractivity contribution is 5.78. The van der Waals surface area contributed by atoms with E-state index in [1.54, 1.807) is 24.3 Å². The molecule has 108 valence electrons. The Morgan fingerprint density at radius 1 is 1.30 bits per heavy atom. The van der Waals surface area contributed by atoms with Crippen molar-refractivity contribution in [1.29, 1.82) is 0 Å². The number of aliphatic hydroxyl groups is 1. The maximum absolute atomic E-state index is 12.7. The van der Waals surface area contributed by atoms with Crippen molar-refractivity contribution in [1.82, 2.24) is 5.32 Å². The highest BCUT2D eigenvalue weighted by Gasteiger charge is 2.30. The van der Waals surface area contributed by atoms with Crippen LogP contribution in [0.25, 0.3) is 6.08 Å². The van der Waals surface area contributed by atoms with E-state index in [9.17, 15) is 14.3 Å². The van der Waals surface area contributed by atoms with Crippen LogP contribution in [0.2, 0.25) is 0 Å². The molecule has 1 aliphatic rings. The first-order chi connectivity index (χ1) is 9.57. The van der Waals surface area contributed by atoms with Gasteiger partial charge in [0.15, 0.2) is 0 Å². The quantitative estimate of drug-likeness (QED) is 0.869. The van der Waals surface area contributed by atoms with Gasteiger partial charge in [-0.3, -0.25) is 4.79 Å². The van der Waals surface area contributed by atoms with E-state index >= 15 is 0 Å². The highest BCUT2D eigenvalue weighted by atomic mass is 19.1. The van der Waals surface area contributed by atoms with Gasteiger partial charge in [-0.05, 0) is 30.5 Å². The number of rotatable bonds is 5. The number of hydrogen-bond donors (Lipinski definition) is 2. The molecule has 0 heterocycles. The van der Waals surface area contributed by atoms with Crippen LogP contribution < -0.4 is 5.32 Å². The van der Waals surface area contributed by atoms with Crippen molar-refractivity contribution in [2.75, 3.05) is 6.54 Å². The minimum atomic E-state index is -0.712. The van der Waals surface area contributed by atoms with E-state index in [2.05, 4.69) is 5.32 Å². The van der Waals surface area contributed by atoms with E-state index in [0.29, 0.717) is 6.54 Å². The molecule has 3 nitrogen and oxygen atoms in total. The summed E-state index contributed by atoms with van der Waals surface area (Å²) in [4.78, 5) is 11.7. The predicted molar refractivity (Wildman–Crippen MR) is 76.5 cm³/mol. The Morgan fingerprint density at radius 2 is 1.95 bits per heavy atom. The van der Waals surface area contributed by atoms with Crippen molar-refractivity contribution >= 4 is 12.0 Å². The predicted octanol–water partition coefficient (Wildman–Crippen LogP) is 2.65. The van der Waals surface area contributed by atoms with Gasteiger partial charge in [-0.25, -0.2) is 4.39 Å². The summed E-state index contributed by atoms with van der Waals surface area (Å²) in [6.07, 6.45) is 7.35. The average Bonchev–Trinajstić information content (AvgIpc) is 2.86. The second kappa shape index (κ2) is 6.66. The van der Waals surface area contributed by atoms with Gasteiger partial charge in [-0.1, -0.05) is 37.1 Å². The Morgan fingerprint density at radius 3 is 2.60 bits per heavy atom. The van der Waals surface area contributed by atoms with Gasteiger partial charge < -0.3 is 10.4 Å². The van der Waals surface area contributed by atoms with Gasteiger partial charge in [0, 0.05) is 13.0 Å². The minimum Gasteiger partial charge on any atom is -0.388 e. The Balaban J connectivity index is 1.73. The van der Waals surface area contributed by atoms with Crippen molar-refractivity contribution in [3.8, 4) is 0 Å².